The van der Waals surface area contributed by atoms with Crippen LogP contribution < -0.4 is 0 Å². The molecule has 2 amide bonds. The lowest BCUT2D eigenvalue weighted by molar-refractivity contribution is 0.0656. The third-order valence-corrected chi connectivity index (χ3v) is 5.34. The second-order valence-electron chi connectivity index (χ2n) is 7.10. The van der Waals surface area contributed by atoms with Crippen LogP contribution in [-0.4, -0.2) is 28.2 Å². The van der Waals surface area contributed by atoms with Crippen LogP contribution in [0.5, 0.6) is 0 Å². The second-order valence-corrected chi connectivity index (χ2v) is 7.46. The van der Waals surface area contributed by atoms with Gasteiger partial charge in [-0.05, 0) is 53.8 Å². The van der Waals surface area contributed by atoms with Gasteiger partial charge < -0.3 is 0 Å². The van der Waals surface area contributed by atoms with Gasteiger partial charge in [0.15, 0.2) is 0 Å². The van der Waals surface area contributed by atoms with Gasteiger partial charge >= 0.3 is 0 Å². The van der Waals surface area contributed by atoms with Crippen LogP contribution in [0.25, 0.3) is 10.9 Å². The molecule has 0 spiro atoms. The number of aromatic nitrogens is 1. The lowest BCUT2D eigenvalue weighted by Crippen LogP contribution is -2.31. The van der Waals surface area contributed by atoms with Gasteiger partial charge in [0.05, 0.1) is 16.6 Å². The lowest BCUT2D eigenvalue weighted by atomic mass is 10.0. The van der Waals surface area contributed by atoms with E-state index in [4.69, 9.17) is 11.6 Å². The van der Waals surface area contributed by atoms with Crippen molar-refractivity contribution in [2.24, 2.45) is 0 Å². The molecule has 0 unspecified atom stereocenters. The minimum absolute atomic E-state index is 0.248. The van der Waals surface area contributed by atoms with E-state index in [-0.39, 0.29) is 18.4 Å². The van der Waals surface area contributed by atoms with E-state index >= 15 is 0 Å². The van der Waals surface area contributed by atoms with Gasteiger partial charge in [-0.1, -0.05) is 43.6 Å². The maximum Gasteiger partial charge on any atom is 0.261 e. The first-order chi connectivity index (χ1) is 13.0. The predicted octanol–water partition coefficient (Wildman–Crippen LogP) is 4.85. The molecule has 0 N–H and O–H groups in total. The molecule has 5 heteroatoms. The van der Waals surface area contributed by atoms with E-state index in [2.05, 4.69) is 31.0 Å². The van der Waals surface area contributed by atoms with Gasteiger partial charge in [0.1, 0.15) is 5.15 Å². The Balaban J connectivity index is 1.60. The van der Waals surface area contributed by atoms with Crippen LogP contribution in [0.15, 0.2) is 48.5 Å². The molecule has 1 aromatic heterocycles. The molecule has 0 aliphatic carbocycles. The molecule has 0 bridgehead atoms. The molecular formula is C22H19ClN2O2. The van der Waals surface area contributed by atoms with E-state index in [1.165, 1.54) is 10.5 Å². The fourth-order valence-corrected chi connectivity index (χ4v) is 3.66. The van der Waals surface area contributed by atoms with Crippen LogP contribution in [0.1, 0.15) is 51.6 Å². The van der Waals surface area contributed by atoms with Crippen LogP contribution in [0, 0.1) is 0 Å². The third-order valence-electron chi connectivity index (χ3n) is 5.01. The molecule has 3 aromatic rings. The zero-order valence-corrected chi connectivity index (χ0v) is 16.0. The number of benzene rings is 2. The van der Waals surface area contributed by atoms with Gasteiger partial charge in [0.2, 0.25) is 0 Å². The summed E-state index contributed by atoms with van der Waals surface area (Å²) >= 11 is 6.35. The highest BCUT2D eigenvalue weighted by Crippen LogP contribution is 2.27. The quantitative estimate of drug-likeness (QED) is 0.481. The highest BCUT2D eigenvalue weighted by atomic mass is 35.5. The van der Waals surface area contributed by atoms with Crippen molar-refractivity contribution in [1.82, 2.24) is 9.88 Å². The number of imide groups is 1. The highest BCUT2D eigenvalue weighted by molar-refractivity contribution is 6.30. The molecule has 4 nitrogen and oxygen atoms in total. The van der Waals surface area contributed by atoms with Crippen LogP contribution >= 0.6 is 11.6 Å². The monoisotopic (exact) mass is 378 g/mol. The Bertz CT molecular complexity index is 1040. The standard InChI is InChI=1S/C22H19ClN2O2/c1-13(2)14-7-8-19-16(11-14)12-15(20(23)24-19)9-10-25-21(26)17-5-3-4-6-18(17)22(25)27/h3-8,11-13H,9-10H2,1-2H3. The Morgan fingerprint density at radius 1 is 1.00 bits per heavy atom. The molecule has 0 fully saturated rings. The Hall–Kier alpha value is -2.72. The SMILES string of the molecule is CC(C)c1ccc2nc(Cl)c(CCN3C(=O)c4ccccc4C3=O)cc2c1. The van der Waals surface area contributed by atoms with Crippen LogP contribution in [0.3, 0.4) is 0 Å². The molecule has 27 heavy (non-hydrogen) atoms. The minimum Gasteiger partial charge on any atom is -0.274 e. The summed E-state index contributed by atoms with van der Waals surface area (Å²) in [7, 11) is 0. The first-order valence-corrected chi connectivity index (χ1v) is 9.38. The second kappa shape index (κ2) is 6.78. The van der Waals surface area contributed by atoms with Crippen LogP contribution in [0.4, 0.5) is 0 Å². The Morgan fingerprint density at radius 2 is 1.67 bits per heavy atom. The molecule has 1 aliphatic rings. The zero-order chi connectivity index (χ0) is 19.1. The summed E-state index contributed by atoms with van der Waals surface area (Å²) in [6.07, 6.45) is 0.471. The zero-order valence-electron chi connectivity index (χ0n) is 15.2. The van der Waals surface area contributed by atoms with Crippen molar-refractivity contribution in [2.45, 2.75) is 26.2 Å². The van der Waals surface area contributed by atoms with Gasteiger partial charge in [-0.15, -0.1) is 0 Å². The van der Waals surface area contributed by atoms with Crippen molar-refractivity contribution in [1.29, 1.82) is 0 Å². The average Bonchev–Trinajstić information content (AvgIpc) is 2.90. The number of rotatable bonds is 4. The number of fused-ring (bicyclic) bond motifs is 2. The number of carbonyl (C=O) groups excluding carboxylic acids is 2. The van der Waals surface area contributed by atoms with E-state index in [0.29, 0.717) is 28.6 Å². The molecule has 1 aliphatic heterocycles. The van der Waals surface area contributed by atoms with Gasteiger partial charge in [0, 0.05) is 11.9 Å². The van der Waals surface area contributed by atoms with Crippen molar-refractivity contribution in [3.05, 3.63) is 75.9 Å². The van der Waals surface area contributed by atoms with Crippen LogP contribution in [0.2, 0.25) is 5.15 Å². The Labute approximate surface area is 162 Å². The highest BCUT2D eigenvalue weighted by Gasteiger charge is 2.34. The van der Waals surface area contributed by atoms with Crippen molar-refractivity contribution >= 4 is 34.3 Å². The number of halogens is 1. The van der Waals surface area contributed by atoms with E-state index < -0.39 is 0 Å². The van der Waals surface area contributed by atoms with Gasteiger partial charge in [-0.2, -0.15) is 0 Å². The van der Waals surface area contributed by atoms with Crippen molar-refractivity contribution < 1.29 is 9.59 Å². The molecule has 0 saturated carbocycles. The largest absolute Gasteiger partial charge is 0.274 e. The molecule has 0 saturated heterocycles. The number of amides is 2. The maximum absolute atomic E-state index is 12.5. The number of hydrogen-bond acceptors (Lipinski definition) is 3. The summed E-state index contributed by atoms with van der Waals surface area (Å²) < 4.78 is 0. The molecular weight excluding hydrogens is 360 g/mol. The predicted molar refractivity (Wildman–Crippen MR) is 106 cm³/mol. The first-order valence-electron chi connectivity index (χ1n) is 9.00. The molecule has 2 aromatic carbocycles. The summed E-state index contributed by atoms with van der Waals surface area (Å²) in [5.74, 6) is -0.0722. The Kier molecular flexibility index (Phi) is 4.44. The van der Waals surface area contributed by atoms with Crippen molar-refractivity contribution in [2.75, 3.05) is 6.54 Å². The molecule has 4 rings (SSSR count). The molecule has 136 valence electrons. The lowest BCUT2D eigenvalue weighted by Gasteiger charge is -2.15. The number of carbonyl (C=O) groups is 2. The molecule has 0 radical (unpaired) electrons. The van der Waals surface area contributed by atoms with Gasteiger partial charge in [-0.25, -0.2) is 4.98 Å². The van der Waals surface area contributed by atoms with E-state index in [1.807, 2.05) is 12.1 Å². The van der Waals surface area contributed by atoms with E-state index in [0.717, 1.165) is 16.5 Å². The minimum atomic E-state index is -0.248. The van der Waals surface area contributed by atoms with Crippen molar-refractivity contribution in [3.63, 3.8) is 0 Å². The molecule has 2 heterocycles. The summed E-state index contributed by atoms with van der Waals surface area (Å²) in [6, 6.07) is 15.1. The molecule has 0 atom stereocenters. The van der Waals surface area contributed by atoms with E-state index in [9.17, 15) is 9.59 Å². The summed E-state index contributed by atoms with van der Waals surface area (Å²) in [5.41, 5.74) is 3.84. The summed E-state index contributed by atoms with van der Waals surface area (Å²) in [5, 5.41) is 1.43. The number of pyridine rings is 1. The number of hydrogen-bond donors (Lipinski definition) is 0. The van der Waals surface area contributed by atoms with Gasteiger partial charge in [-0.3, -0.25) is 14.5 Å². The summed E-state index contributed by atoms with van der Waals surface area (Å²) in [4.78, 5) is 30.8. The fourth-order valence-electron chi connectivity index (χ4n) is 3.42. The number of nitrogens with zero attached hydrogens (tertiary/aromatic N) is 2. The normalized spacial score (nSPS) is 13.7. The Morgan fingerprint density at radius 3 is 2.30 bits per heavy atom. The van der Waals surface area contributed by atoms with E-state index in [1.54, 1.807) is 24.3 Å². The topological polar surface area (TPSA) is 50.3 Å². The van der Waals surface area contributed by atoms with Crippen molar-refractivity contribution in [3.8, 4) is 0 Å². The fraction of sp³-hybridized carbons (Fsp3) is 0.227. The van der Waals surface area contributed by atoms with Gasteiger partial charge in [0.25, 0.3) is 11.8 Å². The third kappa shape index (κ3) is 3.10. The van der Waals surface area contributed by atoms with Crippen LogP contribution in [-0.2, 0) is 6.42 Å². The smallest absolute Gasteiger partial charge is 0.261 e. The first kappa shape index (κ1) is 17.7. The maximum atomic E-state index is 12.5. The summed E-state index contributed by atoms with van der Waals surface area (Å²) in [6.45, 7) is 4.57. The average molecular weight is 379 g/mol.